The third kappa shape index (κ3) is 5.57. The maximum absolute atomic E-state index is 12.8. The highest BCUT2D eigenvalue weighted by Gasteiger charge is 2.39. The van der Waals surface area contributed by atoms with E-state index in [4.69, 9.17) is 14.6 Å². The number of nitrogens with zero attached hydrogens (tertiary/aromatic N) is 3. The zero-order chi connectivity index (χ0) is 26.6. The molecule has 0 saturated carbocycles. The zero-order valence-electron chi connectivity index (χ0n) is 21.4. The van der Waals surface area contributed by atoms with Crippen LogP contribution in [0.5, 0.6) is 11.5 Å². The zero-order valence-corrected chi connectivity index (χ0v) is 22.2. The van der Waals surface area contributed by atoms with Crippen molar-refractivity contribution in [2.45, 2.75) is 31.1 Å². The van der Waals surface area contributed by atoms with Gasteiger partial charge in [0, 0.05) is 18.5 Å². The van der Waals surface area contributed by atoms with Gasteiger partial charge in [-0.3, -0.25) is 9.59 Å². The van der Waals surface area contributed by atoms with Crippen molar-refractivity contribution in [2.75, 3.05) is 19.5 Å². The summed E-state index contributed by atoms with van der Waals surface area (Å²) in [5.41, 5.74) is 4.80. The number of carbonyl (C=O) groups is 2. The number of ether oxygens (including phenoxy) is 2. The summed E-state index contributed by atoms with van der Waals surface area (Å²) in [6.07, 6.45) is 0.671. The van der Waals surface area contributed by atoms with Crippen LogP contribution in [0.25, 0.3) is 0 Å². The Labute approximate surface area is 225 Å². The Hall–Kier alpha value is -4.11. The standard InChI is InChI=1S/C29H28N4O4S/c1-18-4-6-19(7-5-18)24-16-25(20-8-12-22(36-2)13-9-20)33(32-24)29-31-28(35)26(38-29)17-27(34)30-21-10-14-23(37-3)15-11-21/h4-15,25-26H,16-17H2,1-3H3,(H,30,34)/t25-,26-/m0/s1. The number of hydrazone groups is 1. The van der Waals surface area contributed by atoms with E-state index in [1.54, 1.807) is 38.5 Å². The van der Waals surface area contributed by atoms with Gasteiger partial charge in [-0.15, -0.1) is 0 Å². The topological polar surface area (TPSA) is 92.6 Å². The van der Waals surface area contributed by atoms with Crippen LogP contribution in [0.1, 0.15) is 35.6 Å². The summed E-state index contributed by atoms with van der Waals surface area (Å²) in [6, 6.07) is 23.0. The van der Waals surface area contributed by atoms with E-state index in [2.05, 4.69) is 34.6 Å². The van der Waals surface area contributed by atoms with E-state index in [1.807, 2.05) is 36.2 Å². The molecule has 0 saturated heterocycles. The summed E-state index contributed by atoms with van der Waals surface area (Å²) in [4.78, 5) is 29.9. The Balaban J connectivity index is 1.33. The number of methoxy groups -OCH3 is 2. The van der Waals surface area contributed by atoms with Crippen molar-refractivity contribution in [3.05, 3.63) is 89.5 Å². The van der Waals surface area contributed by atoms with Gasteiger partial charge in [0.25, 0.3) is 5.91 Å². The monoisotopic (exact) mass is 528 g/mol. The molecule has 3 aromatic rings. The second-order valence-corrected chi connectivity index (χ2v) is 10.2. The van der Waals surface area contributed by atoms with Crippen molar-refractivity contribution in [1.82, 2.24) is 5.01 Å². The van der Waals surface area contributed by atoms with Crippen LogP contribution in [0.15, 0.2) is 82.9 Å². The lowest BCUT2D eigenvalue weighted by molar-refractivity contribution is -0.121. The van der Waals surface area contributed by atoms with Crippen LogP contribution in [-0.4, -0.2) is 47.2 Å². The van der Waals surface area contributed by atoms with Crippen LogP contribution in [0.2, 0.25) is 0 Å². The fourth-order valence-electron chi connectivity index (χ4n) is 4.35. The first-order valence-corrected chi connectivity index (χ1v) is 13.1. The number of thioether (sulfide) groups is 1. The number of benzene rings is 3. The maximum Gasteiger partial charge on any atom is 0.262 e. The molecule has 8 nitrogen and oxygen atoms in total. The average Bonchev–Trinajstić information content (AvgIpc) is 3.53. The van der Waals surface area contributed by atoms with Gasteiger partial charge in [0.05, 0.1) is 26.0 Å². The van der Waals surface area contributed by atoms with Gasteiger partial charge >= 0.3 is 0 Å². The Kier molecular flexibility index (Phi) is 7.46. The molecule has 0 bridgehead atoms. The van der Waals surface area contributed by atoms with Gasteiger partial charge in [-0.1, -0.05) is 53.7 Å². The Morgan fingerprint density at radius 2 is 1.61 bits per heavy atom. The molecule has 1 N–H and O–H groups in total. The summed E-state index contributed by atoms with van der Waals surface area (Å²) in [5, 5.41) is 9.45. The van der Waals surface area contributed by atoms with Gasteiger partial charge in [0.1, 0.15) is 16.7 Å². The minimum absolute atomic E-state index is 0.0120. The highest BCUT2D eigenvalue weighted by molar-refractivity contribution is 8.15. The quantitative estimate of drug-likeness (QED) is 0.454. The molecule has 2 aliphatic heterocycles. The summed E-state index contributed by atoms with van der Waals surface area (Å²) in [5.74, 6) is 0.880. The molecule has 0 unspecified atom stereocenters. The van der Waals surface area contributed by atoms with Crippen LogP contribution in [-0.2, 0) is 9.59 Å². The summed E-state index contributed by atoms with van der Waals surface area (Å²) >= 11 is 1.28. The van der Waals surface area contributed by atoms with E-state index in [1.165, 1.54) is 17.3 Å². The molecular weight excluding hydrogens is 500 g/mol. The summed E-state index contributed by atoms with van der Waals surface area (Å²) in [7, 11) is 3.22. The van der Waals surface area contributed by atoms with Crippen molar-refractivity contribution in [3.63, 3.8) is 0 Å². The predicted octanol–water partition coefficient (Wildman–Crippen LogP) is 5.19. The van der Waals surface area contributed by atoms with E-state index in [0.29, 0.717) is 23.0 Å². The van der Waals surface area contributed by atoms with Crippen molar-refractivity contribution in [1.29, 1.82) is 0 Å². The van der Waals surface area contributed by atoms with E-state index in [-0.39, 0.29) is 24.3 Å². The minimum atomic E-state index is -0.613. The molecular formula is C29H28N4O4S. The Bertz CT molecular complexity index is 1390. The molecule has 0 spiro atoms. The van der Waals surface area contributed by atoms with E-state index >= 15 is 0 Å². The van der Waals surface area contributed by atoms with Gasteiger partial charge in [-0.2, -0.15) is 10.1 Å². The second kappa shape index (κ2) is 11.1. The van der Waals surface area contributed by atoms with Crippen molar-refractivity contribution < 1.29 is 19.1 Å². The lowest BCUT2D eigenvalue weighted by Crippen LogP contribution is -2.25. The normalized spacial score (nSPS) is 18.7. The van der Waals surface area contributed by atoms with E-state index in [9.17, 15) is 9.59 Å². The average molecular weight is 529 g/mol. The van der Waals surface area contributed by atoms with Gasteiger partial charge in [-0.05, 0) is 54.4 Å². The molecule has 0 radical (unpaired) electrons. The smallest absolute Gasteiger partial charge is 0.262 e. The number of aryl methyl sites for hydroxylation is 1. The molecule has 38 heavy (non-hydrogen) atoms. The maximum atomic E-state index is 12.8. The van der Waals surface area contributed by atoms with Gasteiger partial charge < -0.3 is 14.8 Å². The van der Waals surface area contributed by atoms with Gasteiger partial charge in [0.2, 0.25) is 5.91 Å². The molecule has 2 heterocycles. The number of hydrogen-bond donors (Lipinski definition) is 1. The van der Waals surface area contributed by atoms with Crippen LogP contribution < -0.4 is 14.8 Å². The van der Waals surface area contributed by atoms with Crippen LogP contribution >= 0.6 is 11.8 Å². The highest BCUT2D eigenvalue weighted by atomic mass is 32.2. The SMILES string of the molecule is COc1ccc(NC(=O)C[C@@H]2SC(N3N=C(c4ccc(C)cc4)C[C@H]3c3ccc(OC)cc3)=NC2=O)cc1. The second-order valence-electron chi connectivity index (χ2n) is 9.07. The molecule has 194 valence electrons. The summed E-state index contributed by atoms with van der Waals surface area (Å²) < 4.78 is 10.5. The largest absolute Gasteiger partial charge is 0.497 e. The van der Waals surface area contributed by atoms with E-state index < -0.39 is 5.25 Å². The van der Waals surface area contributed by atoms with Crippen molar-refractivity contribution >= 4 is 40.1 Å². The Morgan fingerprint density at radius 3 is 2.24 bits per heavy atom. The number of anilines is 1. The third-order valence-corrected chi connectivity index (χ3v) is 7.61. The highest BCUT2D eigenvalue weighted by Crippen LogP contribution is 2.39. The number of rotatable bonds is 7. The predicted molar refractivity (Wildman–Crippen MR) is 150 cm³/mol. The fourth-order valence-corrected chi connectivity index (χ4v) is 5.41. The lowest BCUT2D eigenvalue weighted by Gasteiger charge is -2.23. The Morgan fingerprint density at radius 1 is 0.974 bits per heavy atom. The molecule has 5 rings (SSSR count). The molecule has 0 fully saturated rings. The third-order valence-electron chi connectivity index (χ3n) is 6.47. The number of hydrogen-bond acceptors (Lipinski definition) is 7. The van der Waals surface area contributed by atoms with Crippen LogP contribution in [0, 0.1) is 6.92 Å². The molecule has 0 aliphatic carbocycles. The van der Waals surface area contributed by atoms with Crippen LogP contribution in [0.4, 0.5) is 5.69 Å². The summed E-state index contributed by atoms with van der Waals surface area (Å²) in [6.45, 7) is 2.05. The number of nitrogens with one attached hydrogen (secondary N) is 1. The first kappa shape index (κ1) is 25.5. The molecule has 0 aromatic heterocycles. The first-order valence-electron chi connectivity index (χ1n) is 12.2. The molecule has 3 aromatic carbocycles. The van der Waals surface area contributed by atoms with Gasteiger partial charge in [0.15, 0.2) is 5.17 Å². The fraction of sp³-hybridized carbons (Fsp3) is 0.241. The minimum Gasteiger partial charge on any atom is -0.497 e. The first-order chi connectivity index (χ1) is 18.4. The number of carbonyl (C=O) groups excluding carboxylic acids is 2. The van der Waals surface area contributed by atoms with Crippen molar-refractivity contribution in [2.24, 2.45) is 10.1 Å². The lowest BCUT2D eigenvalue weighted by atomic mass is 9.98. The van der Waals surface area contributed by atoms with Crippen LogP contribution in [0.3, 0.4) is 0 Å². The van der Waals surface area contributed by atoms with E-state index in [0.717, 1.165) is 22.6 Å². The number of aliphatic imine (C=N–C) groups is 1. The van der Waals surface area contributed by atoms with Gasteiger partial charge in [-0.25, -0.2) is 5.01 Å². The number of amides is 2. The molecule has 2 atom stereocenters. The molecule has 2 amide bonds. The van der Waals surface area contributed by atoms with Crippen molar-refractivity contribution in [3.8, 4) is 11.5 Å². The number of amidine groups is 1. The molecule has 9 heteroatoms. The molecule has 2 aliphatic rings.